The van der Waals surface area contributed by atoms with E-state index in [2.05, 4.69) is 4.98 Å². The number of aromatic nitrogens is 1. The summed E-state index contributed by atoms with van der Waals surface area (Å²) in [5.74, 6) is -1.02. The van der Waals surface area contributed by atoms with Crippen molar-refractivity contribution in [2.75, 3.05) is 0 Å². The summed E-state index contributed by atoms with van der Waals surface area (Å²) in [4.78, 5) is 14.3. The Labute approximate surface area is 85.1 Å². The van der Waals surface area contributed by atoms with E-state index in [1.807, 2.05) is 0 Å². The second kappa shape index (κ2) is 4.36. The van der Waals surface area contributed by atoms with Crippen LogP contribution in [0.5, 0.6) is 0 Å². The summed E-state index contributed by atoms with van der Waals surface area (Å²) in [6, 6.07) is 2.98. The fourth-order valence-electron chi connectivity index (χ4n) is 0.945. The molecule has 0 saturated heterocycles. The predicted molar refractivity (Wildman–Crippen MR) is 49.4 cm³/mol. The van der Waals surface area contributed by atoms with Gasteiger partial charge in [-0.15, -0.1) is 0 Å². The van der Waals surface area contributed by atoms with Crippen LogP contribution in [0.2, 0.25) is 5.15 Å². The number of aliphatic hydroxyl groups is 2. The lowest BCUT2D eigenvalue weighted by Crippen LogP contribution is -2.34. The molecule has 0 spiro atoms. The number of rotatable bonds is 3. The maximum Gasteiger partial charge on any atom is 0.249 e. The van der Waals surface area contributed by atoms with Crippen molar-refractivity contribution in [2.24, 2.45) is 5.73 Å². The zero-order valence-corrected chi connectivity index (χ0v) is 7.85. The molecule has 5 nitrogen and oxygen atoms in total. The Morgan fingerprint density at radius 1 is 1.57 bits per heavy atom. The first kappa shape index (κ1) is 10.9. The molecule has 4 N–H and O–H groups in total. The fourth-order valence-corrected chi connectivity index (χ4v) is 1.18. The second-order valence-electron chi connectivity index (χ2n) is 2.68. The number of carbonyl (C=O) groups is 1. The molecule has 2 unspecified atom stereocenters. The van der Waals surface area contributed by atoms with Gasteiger partial charge in [0.25, 0.3) is 0 Å². The number of pyridine rings is 1. The quantitative estimate of drug-likeness (QED) is 0.600. The number of hydrogen-bond acceptors (Lipinski definition) is 4. The normalized spacial score (nSPS) is 14.8. The van der Waals surface area contributed by atoms with Crippen LogP contribution in [-0.4, -0.2) is 27.2 Å². The van der Waals surface area contributed by atoms with E-state index < -0.39 is 18.1 Å². The molecule has 0 saturated carbocycles. The predicted octanol–water partition coefficient (Wildman–Crippen LogP) is -0.385. The number of halogens is 1. The minimum absolute atomic E-state index is 0.0281. The van der Waals surface area contributed by atoms with Gasteiger partial charge >= 0.3 is 0 Å². The highest BCUT2D eigenvalue weighted by Gasteiger charge is 2.25. The molecule has 0 aliphatic carbocycles. The number of aliphatic hydroxyl groups excluding tert-OH is 2. The molecule has 76 valence electrons. The number of nitrogens with zero attached hydrogens (tertiary/aromatic N) is 1. The van der Waals surface area contributed by atoms with Gasteiger partial charge in [0, 0.05) is 11.8 Å². The van der Waals surface area contributed by atoms with Crippen molar-refractivity contribution in [3.8, 4) is 0 Å². The monoisotopic (exact) mass is 216 g/mol. The third-order valence-corrected chi connectivity index (χ3v) is 2.01. The van der Waals surface area contributed by atoms with Crippen molar-refractivity contribution < 1.29 is 15.0 Å². The first-order valence-electron chi connectivity index (χ1n) is 3.80. The molecule has 0 aliphatic rings. The van der Waals surface area contributed by atoms with Crippen molar-refractivity contribution >= 4 is 17.5 Å². The van der Waals surface area contributed by atoms with Crippen LogP contribution in [0.1, 0.15) is 11.7 Å². The Morgan fingerprint density at radius 2 is 2.21 bits per heavy atom. The minimum atomic E-state index is -1.68. The molecule has 14 heavy (non-hydrogen) atoms. The molecule has 1 amide bonds. The Kier molecular flexibility index (Phi) is 3.40. The van der Waals surface area contributed by atoms with Crippen LogP contribution in [0.4, 0.5) is 0 Å². The molecule has 1 aromatic rings. The van der Waals surface area contributed by atoms with Gasteiger partial charge in [-0.25, -0.2) is 4.98 Å². The highest BCUT2D eigenvalue weighted by molar-refractivity contribution is 6.30. The molecule has 0 aliphatic heterocycles. The van der Waals surface area contributed by atoms with Crippen molar-refractivity contribution in [1.82, 2.24) is 4.98 Å². The summed E-state index contributed by atoms with van der Waals surface area (Å²) in [7, 11) is 0. The summed E-state index contributed by atoms with van der Waals surface area (Å²) in [6.45, 7) is 0. The molecule has 1 heterocycles. The number of primary amides is 1. The summed E-state index contributed by atoms with van der Waals surface area (Å²) in [6.07, 6.45) is -1.71. The van der Waals surface area contributed by atoms with Gasteiger partial charge in [0.2, 0.25) is 5.91 Å². The Morgan fingerprint density at radius 3 is 2.71 bits per heavy atom. The van der Waals surface area contributed by atoms with Gasteiger partial charge in [-0.2, -0.15) is 0 Å². The van der Waals surface area contributed by atoms with Crippen LogP contribution in [0.25, 0.3) is 0 Å². The summed E-state index contributed by atoms with van der Waals surface area (Å²) < 4.78 is 0. The van der Waals surface area contributed by atoms with Gasteiger partial charge < -0.3 is 15.9 Å². The molecule has 1 aromatic heterocycles. The van der Waals surface area contributed by atoms with Crippen LogP contribution in [0.15, 0.2) is 18.3 Å². The zero-order valence-electron chi connectivity index (χ0n) is 7.09. The molecule has 0 bridgehead atoms. The van der Waals surface area contributed by atoms with Crippen molar-refractivity contribution in [3.63, 3.8) is 0 Å². The van der Waals surface area contributed by atoms with E-state index in [0.717, 1.165) is 0 Å². The van der Waals surface area contributed by atoms with E-state index in [1.54, 1.807) is 0 Å². The highest BCUT2D eigenvalue weighted by Crippen LogP contribution is 2.22. The highest BCUT2D eigenvalue weighted by atomic mass is 35.5. The third-order valence-electron chi connectivity index (χ3n) is 1.70. The second-order valence-corrected chi connectivity index (χ2v) is 3.03. The topological polar surface area (TPSA) is 96.4 Å². The van der Waals surface area contributed by atoms with Gasteiger partial charge in [0.15, 0.2) is 6.10 Å². The molecule has 0 fully saturated rings. The van der Waals surface area contributed by atoms with Crippen LogP contribution in [0, 0.1) is 0 Å². The van der Waals surface area contributed by atoms with Gasteiger partial charge in [0.05, 0.1) is 0 Å². The summed E-state index contributed by atoms with van der Waals surface area (Å²) in [5, 5.41) is 18.7. The number of amides is 1. The van der Waals surface area contributed by atoms with Crippen molar-refractivity contribution in [3.05, 3.63) is 29.0 Å². The molecular formula is C8H9ClN2O3. The number of carbonyl (C=O) groups excluding carboxylic acids is 1. The first-order chi connectivity index (χ1) is 6.54. The first-order valence-corrected chi connectivity index (χ1v) is 4.17. The van der Waals surface area contributed by atoms with Crippen LogP contribution >= 0.6 is 11.6 Å². The van der Waals surface area contributed by atoms with E-state index >= 15 is 0 Å². The number of hydrogen-bond donors (Lipinski definition) is 3. The van der Waals surface area contributed by atoms with Gasteiger partial charge in [-0.1, -0.05) is 17.7 Å². The Bertz CT molecular complexity index is 345. The lowest BCUT2D eigenvalue weighted by Gasteiger charge is -2.15. The largest absolute Gasteiger partial charge is 0.385 e. The van der Waals surface area contributed by atoms with Crippen LogP contribution < -0.4 is 5.73 Å². The maximum atomic E-state index is 10.6. The number of nitrogens with two attached hydrogens (primary N) is 1. The zero-order chi connectivity index (χ0) is 10.7. The smallest absolute Gasteiger partial charge is 0.249 e. The van der Waals surface area contributed by atoms with E-state index in [4.69, 9.17) is 22.4 Å². The van der Waals surface area contributed by atoms with Gasteiger partial charge in [-0.05, 0) is 6.07 Å². The van der Waals surface area contributed by atoms with E-state index in [-0.39, 0.29) is 10.7 Å². The standard InChI is InChI=1S/C8H9ClN2O3/c9-7-4(2-1-3-11-7)5(12)6(13)8(10)14/h1-3,5-6,12-13H,(H2,10,14). The third kappa shape index (κ3) is 2.20. The fraction of sp³-hybridized carbons (Fsp3) is 0.250. The van der Waals surface area contributed by atoms with E-state index in [1.165, 1.54) is 18.3 Å². The SMILES string of the molecule is NC(=O)C(O)C(O)c1cccnc1Cl. The maximum absolute atomic E-state index is 10.6. The Hall–Kier alpha value is -1.17. The van der Waals surface area contributed by atoms with E-state index in [9.17, 15) is 9.90 Å². The average molecular weight is 217 g/mol. The summed E-state index contributed by atoms with van der Waals surface area (Å²) >= 11 is 5.63. The van der Waals surface area contributed by atoms with Crippen LogP contribution in [0.3, 0.4) is 0 Å². The van der Waals surface area contributed by atoms with Gasteiger partial charge in [-0.3, -0.25) is 4.79 Å². The Balaban J connectivity index is 2.94. The molecule has 6 heteroatoms. The molecular weight excluding hydrogens is 208 g/mol. The molecule has 2 atom stereocenters. The van der Waals surface area contributed by atoms with Crippen molar-refractivity contribution in [2.45, 2.75) is 12.2 Å². The van der Waals surface area contributed by atoms with Gasteiger partial charge in [0.1, 0.15) is 11.3 Å². The lowest BCUT2D eigenvalue weighted by atomic mass is 10.1. The molecule has 1 rings (SSSR count). The minimum Gasteiger partial charge on any atom is -0.385 e. The molecule has 0 aromatic carbocycles. The molecule has 0 radical (unpaired) electrons. The average Bonchev–Trinajstić information content (AvgIpc) is 2.16. The lowest BCUT2D eigenvalue weighted by molar-refractivity contribution is -0.131. The summed E-state index contributed by atoms with van der Waals surface area (Å²) in [5.41, 5.74) is 4.98. The van der Waals surface area contributed by atoms with Crippen LogP contribution in [-0.2, 0) is 4.79 Å². The van der Waals surface area contributed by atoms with E-state index in [0.29, 0.717) is 0 Å². The van der Waals surface area contributed by atoms with Crippen molar-refractivity contribution in [1.29, 1.82) is 0 Å².